The van der Waals surface area contributed by atoms with Crippen LogP contribution in [0.1, 0.15) is 62.3 Å². The predicted octanol–water partition coefficient (Wildman–Crippen LogP) is 2.65. The quantitative estimate of drug-likeness (QED) is 0.528. The summed E-state index contributed by atoms with van der Waals surface area (Å²) in [6.45, 7) is 6.50. The molecule has 1 aromatic heterocycles. The number of hydrogen-bond acceptors (Lipinski definition) is 3. The van der Waals surface area contributed by atoms with Crippen LogP contribution in [0.4, 0.5) is 0 Å². The molecule has 1 aliphatic rings. The minimum Gasteiger partial charge on any atom is -0.454 e. The van der Waals surface area contributed by atoms with Crippen molar-refractivity contribution in [3.63, 3.8) is 0 Å². The third-order valence-corrected chi connectivity index (χ3v) is 4.53. The van der Waals surface area contributed by atoms with E-state index in [2.05, 4.69) is 22.5 Å². The lowest BCUT2D eigenvalue weighted by molar-refractivity contribution is 0.0972. The Labute approximate surface area is 144 Å². The van der Waals surface area contributed by atoms with E-state index in [1.807, 2.05) is 6.92 Å². The Morgan fingerprint density at radius 3 is 2.88 bits per heavy atom. The number of nitrogens with zero attached hydrogens (tertiary/aromatic N) is 1. The molecule has 0 aromatic carbocycles. The Balaban J connectivity index is 1.80. The van der Waals surface area contributed by atoms with Crippen molar-refractivity contribution in [2.75, 3.05) is 13.1 Å². The third kappa shape index (κ3) is 5.91. The van der Waals surface area contributed by atoms with Gasteiger partial charge in [0.15, 0.2) is 11.7 Å². The van der Waals surface area contributed by atoms with Crippen LogP contribution in [0.15, 0.2) is 21.5 Å². The van der Waals surface area contributed by atoms with Crippen LogP contribution < -0.4 is 16.4 Å². The molecule has 1 heterocycles. The van der Waals surface area contributed by atoms with E-state index < -0.39 is 5.91 Å². The molecule has 2 atom stereocenters. The topological polar surface area (TPSA) is 92.6 Å². The summed E-state index contributed by atoms with van der Waals surface area (Å²) in [6, 6.07) is 3.31. The van der Waals surface area contributed by atoms with Crippen molar-refractivity contribution in [3.05, 3.63) is 23.7 Å². The molecule has 6 heteroatoms. The first-order chi connectivity index (χ1) is 11.6. The standard InChI is InChI=1S/C18H30N4O2/c1-3-20-18(21-10-9-14-6-4-5-13(2)11-14)22-12-15-7-8-16(24-15)17(19)23/h7-8,13-14H,3-6,9-12H2,1-2H3,(H2,19,23)(H2,20,21,22). The summed E-state index contributed by atoms with van der Waals surface area (Å²) >= 11 is 0. The van der Waals surface area contributed by atoms with Crippen molar-refractivity contribution in [1.29, 1.82) is 0 Å². The number of carbonyl (C=O) groups is 1. The van der Waals surface area contributed by atoms with E-state index in [4.69, 9.17) is 10.2 Å². The number of aliphatic imine (C=N–C) groups is 1. The van der Waals surface area contributed by atoms with E-state index in [1.54, 1.807) is 12.1 Å². The Morgan fingerprint density at radius 2 is 2.21 bits per heavy atom. The van der Waals surface area contributed by atoms with Gasteiger partial charge in [-0.1, -0.05) is 26.2 Å². The summed E-state index contributed by atoms with van der Waals surface area (Å²) in [5, 5.41) is 6.62. The second-order valence-electron chi connectivity index (χ2n) is 6.68. The SMILES string of the molecule is CCNC(=NCc1ccc(C(N)=O)o1)NCCC1CCCC(C)C1. The van der Waals surface area contributed by atoms with Crippen LogP contribution >= 0.6 is 0 Å². The lowest BCUT2D eigenvalue weighted by atomic mass is 9.81. The van der Waals surface area contributed by atoms with Gasteiger partial charge in [0.25, 0.3) is 5.91 Å². The molecule has 1 saturated carbocycles. The van der Waals surface area contributed by atoms with Crippen LogP contribution in [0.5, 0.6) is 0 Å². The minimum absolute atomic E-state index is 0.171. The Bertz CT molecular complexity index is 553. The molecule has 0 spiro atoms. The fourth-order valence-corrected chi connectivity index (χ4v) is 3.31. The summed E-state index contributed by atoms with van der Waals surface area (Å²) in [5.74, 6) is 2.71. The van der Waals surface area contributed by atoms with Gasteiger partial charge >= 0.3 is 0 Å². The van der Waals surface area contributed by atoms with Gasteiger partial charge in [-0.2, -0.15) is 0 Å². The summed E-state index contributed by atoms with van der Waals surface area (Å²) < 4.78 is 5.35. The van der Waals surface area contributed by atoms with E-state index in [0.29, 0.717) is 12.3 Å². The number of guanidine groups is 1. The first-order valence-electron chi connectivity index (χ1n) is 8.99. The zero-order valence-corrected chi connectivity index (χ0v) is 14.8. The molecule has 6 nitrogen and oxygen atoms in total. The molecule has 1 fully saturated rings. The van der Waals surface area contributed by atoms with Crippen molar-refractivity contribution >= 4 is 11.9 Å². The van der Waals surface area contributed by atoms with E-state index in [9.17, 15) is 4.79 Å². The molecule has 4 N–H and O–H groups in total. The normalized spacial score (nSPS) is 21.5. The number of hydrogen-bond donors (Lipinski definition) is 3. The molecular weight excluding hydrogens is 304 g/mol. The molecule has 0 radical (unpaired) electrons. The van der Waals surface area contributed by atoms with Gasteiger partial charge in [-0.15, -0.1) is 0 Å². The van der Waals surface area contributed by atoms with Gasteiger partial charge in [0.1, 0.15) is 12.3 Å². The molecule has 2 unspecified atom stereocenters. The van der Waals surface area contributed by atoms with Gasteiger partial charge in [0.2, 0.25) is 0 Å². The maximum absolute atomic E-state index is 11.0. The number of nitrogens with two attached hydrogens (primary N) is 1. The van der Waals surface area contributed by atoms with Crippen LogP contribution in [0, 0.1) is 11.8 Å². The summed E-state index contributed by atoms with van der Waals surface area (Å²) in [7, 11) is 0. The molecule has 0 aliphatic heterocycles. The van der Waals surface area contributed by atoms with E-state index >= 15 is 0 Å². The van der Waals surface area contributed by atoms with Gasteiger partial charge in [-0.25, -0.2) is 4.99 Å². The minimum atomic E-state index is -0.558. The summed E-state index contributed by atoms with van der Waals surface area (Å²) in [6.07, 6.45) is 6.62. The molecule has 24 heavy (non-hydrogen) atoms. The third-order valence-electron chi connectivity index (χ3n) is 4.53. The fourth-order valence-electron chi connectivity index (χ4n) is 3.31. The first kappa shape index (κ1) is 18.4. The van der Waals surface area contributed by atoms with E-state index in [1.165, 1.54) is 32.1 Å². The van der Waals surface area contributed by atoms with Crippen LogP contribution in [0.2, 0.25) is 0 Å². The zero-order chi connectivity index (χ0) is 17.4. The fraction of sp³-hybridized carbons (Fsp3) is 0.667. The van der Waals surface area contributed by atoms with Gasteiger partial charge in [0, 0.05) is 13.1 Å². The van der Waals surface area contributed by atoms with Crippen LogP contribution in [0.3, 0.4) is 0 Å². The van der Waals surface area contributed by atoms with Gasteiger partial charge in [0.05, 0.1) is 0 Å². The van der Waals surface area contributed by atoms with E-state index in [0.717, 1.165) is 30.9 Å². The maximum Gasteiger partial charge on any atom is 0.284 e. The van der Waals surface area contributed by atoms with Crippen molar-refractivity contribution in [3.8, 4) is 0 Å². The van der Waals surface area contributed by atoms with Gasteiger partial charge in [-0.3, -0.25) is 4.79 Å². The highest BCUT2D eigenvalue weighted by molar-refractivity contribution is 5.89. The number of carbonyl (C=O) groups excluding carboxylic acids is 1. The average molecular weight is 334 g/mol. The highest BCUT2D eigenvalue weighted by Crippen LogP contribution is 2.30. The smallest absolute Gasteiger partial charge is 0.284 e. The van der Waals surface area contributed by atoms with Crippen LogP contribution in [-0.2, 0) is 6.54 Å². The van der Waals surface area contributed by atoms with Gasteiger partial charge in [-0.05, 0) is 43.7 Å². The largest absolute Gasteiger partial charge is 0.454 e. The monoisotopic (exact) mass is 334 g/mol. The van der Waals surface area contributed by atoms with Crippen molar-refractivity contribution in [2.24, 2.45) is 22.6 Å². The van der Waals surface area contributed by atoms with Gasteiger partial charge < -0.3 is 20.8 Å². The Kier molecular flexibility index (Phi) is 7.15. The number of amides is 1. The molecule has 134 valence electrons. The number of nitrogens with one attached hydrogen (secondary N) is 2. The number of furan rings is 1. The van der Waals surface area contributed by atoms with Crippen LogP contribution in [0.25, 0.3) is 0 Å². The molecule has 0 bridgehead atoms. The van der Waals surface area contributed by atoms with E-state index in [-0.39, 0.29) is 5.76 Å². The second-order valence-corrected chi connectivity index (χ2v) is 6.68. The number of rotatable bonds is 7. The highest BCUT2D eigenvalue weighted by atomic mass is 16.3. The first-order valence-corrected chi connectivity index (χ1v) is 8.99. The van der Waals surface area contributed by atoms with Crippen molar-refractivity contribution in [2.45, 2.75) is 52.5 Å². The molecule has 2 rings (SSSR count). The molecule has 0 saturated heterocycles. The van der Waals surface area contributed by atoms with Crippen molar-refractivity contribution in [1.82, 2.24) is 10.6 Å². The van der Waals surface area contributed by atoms with Crippen molar-refractivity contribution < 1.29 is 9.21 Å². The maximum atomic E-state index is 11.0. The summed E-state index contributed by atoms with van der Waals surface area (Å²) in [5.41, 5.74) is 5.18. The average Bonchev–Trinajstić information content (AvgIpc) is 3.02. The summed E-state index contributed by atoms with van der Waals surface area (Å²) in [4.78, 5) is 15.5. The Hall–Kier alpha value is -1.98. The highest BCUT2D eigenvalue weighted by Gasteiger charge is 2.18. The second kappa shape index (κ2) is 9.35. The molecule has 1 amide bonds. The molecule has 1 aliphatic carbocycles. The molecule has 1 aromatic rings. The lowest BCUT2D eigenvalue weighted by Gasteiger charge is -2.26. The number of primary amides is 1. The predicted molar refractivity (Wildman–Crippen MR) is 95.8 cm³/mol. The van der Waals surface area contributed by atoms with Crippen LogP contribution in [-0.4, -0.2) is 25.0 Å². The lowest BCUT2D eigenvalue weighted by Crippen LogP contribution is -2.38. The Morgan fingerprint density at radius 1 is 1.38 bits per heavy atom. The zero-order valence-electron chi connectivity index (χ0n) is 14.8. The molecular formula is C18H30N4O2.